The first-order chi connectivity index (χ1) is 18.1. The van der Waals surface area contributed by atoms with Crippen molar-refractivity contribution in [3.63, 3.8) is 0 Å². The molecule has 3 heterocycles. The summed E-state index contributed by atoms with van der Waals surface area (Å²) in [5.41, 5.74) is 3.72. The molecule has 1 aliphatic heterocycles. The quantitative estimate of drug-likeness (QED) is 0.332. The predicted molar refractivity (Wildman–Crippen MR) is 144 cm³/mol. The fraction of sp³-hybridized carbons (Fsp3) is 0.200. The van der Waals surface area contributed by atoms with E-state index in [2.05, 4.69) is 5.32 Å². The minimum Gasteiger partial charge on any atom is -0.496 e. The third-order valence-electron chi connectivity index (χ3n) is 7.04. The van der Waals surface area contributed by atoms with E-state index in [0.717, 1.165) is 33.3 Å². The van der Waals surface area contributed by atoms with E-state index in [1.165, 1.54) is 0 Å². The number of rotatable bonds is 5. The molecule has 0 fully saturated rings. The lowest BCUT2D eigenvalue weighted by molar-refractivity contribution is -0.118. The number of ether oxygens (including phenoxy) is 1. The summed E-state index contributed by atoms with van der Waals surface area (Å²) < 4.78 is 11.4. The highest BCUT2D eigenvalue weighted by molar-refractivity contribution is 7.10. The molecule has 2 aliphatic rings. The zero-order chi connectivity index (χ0) is 25.4. The highest BCUT2D eigenvalue weighted by Gasteiger charge is 2.43. The van der Waals surface area contributed by atoms with Crippen molar-refractivity contribution in [2.24, 2.45) is 0 Å². The van der Waals surface area contributed by atoms with Gasteiger partial charge in [0.15, 0.2) is 5.78 Å². The SMILES string of the molecule is COc1ccccc1C1C2=C(CC(c3ccco3)CC2=O)Nc2ccccc2N1C(=O)Cc1cccs1. The maximum absolute atomic E-state index is 14.1. The van der Waals surface area contributed by atoms with Gasteiger partial charge in [0.25, 0.3) is 0 Å². The van der Waals surface area contributed by atoms with Gasteiger partial charge in [-0.3, -0.25) is 14.5 Å². The number of carbonyl (C=O) groups is 2. The van der Waals surface area contributed by atoms with Crippen LogP contribution in [0.25, 0.3) is 0 Å². The van der Waals surface area contributed by atoms with Crippen LogP contribution in [-0.2, 0) is 16.0 Å². The van der Waals surface area contributed by atoms with Crippen molar-refractivity contribution >= 4 is 34.4 Å². The monoisotopic (exact) mass is 510 g/mol. The van der Waals surface area contributed by atoms with Crippen LogP contribution in [0.5, 0.6) is 5.75 Å². The number of hydrogen-bond donors (Lipinski definition) is 1. The first-order valence-electron chi connectivity index (χ1n) is 12.3. The van der Waals surface area contributed by atoms with Crippen molar-refractivity contribution in [3.8, 4) is 5.75 Å². The lowest BCUT2D eigenvalue weighted by atomic mass is 9.79. The average molecular weight is 511 g/mol. The van der Waals surface area contributed by atoms with Crippen molar-refractivity contribution in [1.82, 2.24) is 0 Å². The zero-order valence-corrected chi connectivity index (χ0v) is 21.2. The van der Waals surface area contributed by atoms with Crippen LogP contribution >= 0.6 is 11.3 Å². The molecule has 1 aliphatic carbocycles. The van der Waals surface area contributed by atoms with E-state index in [1.807, 2.05) is 78.2 Å². The number of fused-ring (bicyclic) bond motifs is 1. The molecule has 2 aromatic heterocycles. The maximum atomic E-state index is 14.1. The third-order valence-corrected chi connectivity index (χ3v) is 7.92. The molecule has 2 unspecified atom stereocenters. The number of carbonyl (C=O) groups excluding carboxylic acids is 2. The summed E-state index contributed by atoms with van der Waals surface area (Å²) >= 11 is 1.55. The average Bonchev–Trinajstić information content (AvgIpc) is 3.61. The van der Waals surface area contributed by atoms with Crippen molar-refractivity contribution in [2.75, 3.05) is 17.3 Å². The predicted octanol–water partition coefficient (Wildman–Crippen LogP) is 6.49. The van der Waals surface area contributed by atoms with Gasteiger partial charge < -0.3 is 14.5 Å². The molecule has 0 bridgehead atoms. The Bertz CT molecular complexity index is 1470. The summed E-state index contributed by atoms with van der Waals surface area (Å²) in [5, 5.41) is 5.52. The van der Waals surface area contributed by atoms with Gasteiger partial charge in [0, 0.05) is 34.0 Å². The number of nitrogens with one attached hydrogen (secondary N) is 1. The number of methoxy groups -OCH3 is 1. The van der Waals surface area contributed by atoms with Gasteiger partial charge >= 0.3 is 0 Å². The van der Waals surface area contributed by atoms with E-state index in [-0.39, 0.29) is 24.0 Å². The molecule has 0 saturated heterocycles. The van der Waals surface area contributed by atoms with Gasteiger partial charge in [0.2, 0.25) is 5.91 Å². The molecule has 7 heteroatoms. The molecular weight excluding hydrogens is 484 g/mol. The molecule has 0 spiro atoms. The molecule has 4 aromatic rings. The Morgan fingerprint density at radius 1 is 1.05 bits per heavy atom. The molecule has 186 valence electrons. The standard InChI is InChI=1S/C30H26N2O4S/c1-35-27-12-5-2-9-21(27)30-29-23(16-19(17-25(29)33)26-13-6-14-36-26)31-22-10-3-4-11-24(22)32(30)28(34)18-20-8-7-15-37-20/h2-15,19,30-31H,16-18H2,1H3. The van der Waals surface area contributed by atoms with Crippen LogP contribution < -0.4 is 15.0 Å². The Morgan fingerprint density at radius 3 is 2.68 bits per heavy atom. The second kappa shape index (κ2) is 9.75. The van der Waals surface area contributed by atoms with Gasteiger partial charge in [0.1, 0.15) is 11.5 Å². The molecule has 37 heavy (non-hydrogen) atoms. The number of amides is 1. The van der Waals surface area contributed by atoms with E-state index >= 15 is 0 Å². The number of benzene rings is 2. The fourth-order valence-electron chi connectivity index (χ4n) is 5.42. The van der Waals surface area contributed by atoms with Gasteiger partial charge in [0.05, 0.1) is 37.2 Å². The number of nitrogens with zero attached hydrogens (tertiary/aromatic N) is 1. The largest absolute Gasteiger partial charge is 0.496 e. The molecule has 2 atom stereocenters. The van der Waals surface area contributed by atoms with E-state index < -0.39 is 6.04 Å². The van der Waals surface area contributed by atoms with Crippen LogP contribution in [0.1, 0.15) is 41.0 Å². The van der Waals surface area contributed by atoms with Crippen LogP contribution in [0.4, 0.5) is 11.4 Å². The van der Waals surface area contributed by atoms with Crippen molar-refractivity contribution < 1.29 is 18.7 Å². The van der Waals surface area contributed by atoms with Crippen LogP contribution in [0.15, 0.2) is 100 Å². The summed E-state index contributed by atoms with van der Waals surface area (Å²) in [5.74, 6) is 1.26. The Kier molecular flexibility index (Phi) is 6.14. The summed E-state index contributed by atoms with van der Waals surface area (Å²) in [4.78, 5) is 30.9. The highest BCUT2D eigenvalue weighted by Crippen LogP contribution is 2.49. The molecular formula is C30H26N2O4S. The molecule has 6 nitrogen and oxygen atoms in total. The maximum Gasteiger partial charge on any atom is 0.233 e. The highest BCUT2D eigenvalue weighted by atomic mass is 32.1. The minimum atomic E-state index is -0.639. The number of ketones is 1. The van der Waals surface area contributed by atoms with E-state index in [4.69, 9.17) is 9.15 Å². The molecule has 1 N–H and O–H groups in total. The molecule has 1 amide bonds. The van der Waals surface area contributed by atoms with E-state index in [1.54, 1.807) is 29.6 Å². The second-order valence-corrected chi connectivity index (χ2v) is 10.3. The molecule has 6 rings (SSSR count). The van der Waals surface area contributed by atoms with Crippen LogP contribution in [0.2, 0.25) is 0 Å². The number of furan rings is 1. The minimum absolute atomic E-state index is 0.00668. The normalized spacial score (nSPS) is 19.1. The Morgan fingerprint density at radius 2 is 1.89 bits per heavy atom. The van der Waals surface area contributed by atoms with Crippen molar-refractivity contribution in [3.05, 3.63) is 112 Å². The topological polar surface area (TPSA) is 71.8 Å². The van der Waals surface area contributed by atoms with E-state index in [9.17, 15) is 9.59 Å². The second-order valence-electron chi connectivity index (χ2n) is 9.24. The summed E-state index contributed by atoms with van der Waals surface area (Å²) in [6.07, 6.45) is 2.79. The summed E-state index contributed by atoms with van der Waals surface area (Å²) in [6.45, 7) is 0. The zero-order valence-electron chi connectivity index (χ0n) is 20.3. The lowest BCUT2D eigenvalue weighted by Gasteiger charge is -2.35. The van der Waals surface area contributed by atoms with Gasteiger partial charge in [-0.15, -0.1) is 11.3 Å². The van der Waals surface area contributed by atoms with Crippen LogP contribution in [0.3, 0.4) is 0 Å². The summed E-state index contributed by atoms with van der Waals surface area (Å²) in [6, 6.07) is 22.4. The van der Waals surface area contributed by atoms with E-state index in [0.29, 0.717) is 24.2 Å². The number of anilines is 2. The van der Waals surface area contributed by atoms with Crippen molar-refractivity contribution in [1.29, 1.82) is 0 Å². The fourth-order valence-corrected chi connectivity index (χ4v) is 6.12. The lowest BCUT2D eigenvalue weighted by Crippen LogP contribution is -2.39. The molecule has 2 aromatic carbocycles. The molecule has 0 radical (unpaired) electrons. The Labute approximate surface area is 219 Å². The smallest absolute Gasteiger partial charge is 0.233 e. The number of thiophene rings is 1. The third kappa shape index (κ3) is 4.25. The van der Waals surface area contributed by atoms with Crippen LogP contribution in [-0.4, -0.2) is 18.8 Å². The number of hydrogen-bond acceptors (Lipinski definition) is 6. The first kappa shape index (κ1) is 23.3. The number of para-hydroxylation sites is 3. The number of allylic oxidation sites excluding steroid dienone is 1. The van der Waals surface area contributed by atoms with Gasteiger partial charge in [-0.2, -0.15) is 0 Å². The summed E-state index contributed by atoms with van der Waals surface area (Å²) in [7, 11) is 1.62. The van der Waals surface area contributed by atoms with Crippen molar-refractivity contribution in [2.45, 2.75) is 31.2 Å². The first-order valence-corrected chi connectivity index (χ1v) is 13.1. The number of Topliss-reactive ketones (excluding diaryl/α,β-unsaturated/α-hetero) is 1. The van der Waals surface area contributed by atoms with Gasteiger partial charge in [-0.05, 0) is 48.2 Å². The van der Waals surface area contributed by atoms with Gasteiger partial charge in [-0.25, -0.2) is 0 Å². The molecule has 0 saturated carbocycles. The van der Waals surface area contributed by atoms with Crippen LogP contribution in [0, 0.1) is 0 Å². The van der Waals surface area contributed by atoms with Gasteiger partial charge in [-0.1, -0.05) is 36.4 Å². The Hall–Kier alpha value is -4.10. The Balaban J connectivity index is 1.56.